The number of sulfonamides is 1. The second-order valence-electron chi connectivity index (χ2n) is 4.76. The Hall–Kier alpha value is -1.12. The van der Waals surface area contributed by atoms with Gasteiger partial charge in [0.05, 0.1) is 11.8 Å². The van der Waals surface area contributed by atoms with Crippen molar-refractivity contribution >= 4 is 15.8 Å². The number of nitrogen functional groups attached to an aromatic ring is 1. The van der Waals surface area contributed by atoms with E-state index in [0.717, 1.165) is 19.3 Å². The summed E-state index contributed by atoms with van der Waals surface area (Å²) in [4.78, 5) is 0.0609. The van der Waals surface area contributed by atoms with Crippen LogP contribution in [-0.4, -0.2) is 37.5 Å². The van der Waals surface area contributed by atoms with Crippen LogP contribution in [0, 0.1) is 6.92 Å². The number of rotatable bonds is 4. The molecule has 1 unspecified atom stereocenters. The van der Waals surface area contributed by atoms with Crippen molar-refractivity contribution in [1.29, 1.82) is 0 Å². The molecule has 1 fully saturated rings. The van der Waals surface area contributed by atoms with Gasteiger partial charge < -0.3 is 10.5 Å². The molecule has 1 aliphatic heterocycles. The number of hydrogen-bond donors (Lipinski definition) is 2. The lowest BCUT2D eigenvalue weighted by Crippen LogP contribution is -2.35. The van der Waals surface area contributed by atoms with E-state index in [1.807, 2.05) is 0 Å². The summed E-state index contributed by atoms with van der Waals surface area (Å²) in [7, 11) is -1.98. The molecule has 19 heavy (non-hydrogen) atoms. The van der Waals surface area contributed by atoms with E-state index in [4.69, 9.17) is 10.5 Å². The van der Waals surface area contributed by atoms with Crippen LogP contribution in [0.1, 0.15) is 25.0 Å². The summed E-state index contributed by atoms with van der Waals surface area (Å²) in [6.45, 7) is 2.64. The van der Waals surface area contributed by atoms with E-state index in [9.17, 15) is 8.42 Å². The number of hydrogen-bond acceptors (Lipinski definition) is 5. The molecule has 0 bridgehead atoms. The summed E-state index contributed by atoms with van der Waals surface area (Å²) >= 11 is 0. The predicted octanol–water partition coefficient (Wildman–Crippen LogP) is 0.158. The molecule has 3 N–H and O–H groups in total. The molecule has 8 heteroatoms. The maximum Gasteiger partial charge on any atom is 0.246 e. The van der Waals surface area contributed by atoms with Crippen LogP contribution in [0.4, 0.5) is 5.82 Å². The predicted molar refractivity (Wildman–Crippen MR) is 71.1 cm³/mol. The molecule has 0 saturated carbocycles. The Morgan fingerprint density at radius 2 is 2.26 bits per heavy atom. The first-order chi connectivity index (χ1) is 8.92. The van der Waals surface area contributed by atoms with Crippen molar-refractivity contribution < 1.29 is 13.2 Å². The topological polar surface area (TPSA) is 99.2 Å². The number of nitrogens with zero attached hydrogens (tertiary/aromatic N) is 2. The Labute approximate surface area is 113 Å². The Kier molecular flexibility index (Phi) is 4.12. The highest BCUT2D eigenvalue weighted by Gasteiger charge is 2.26. The van der Waals surface area contributed by atoms with E-state index in [-0.39, 0.29) is 23.4 Å². The van der Waals surface area contributed by atoms with Crippen molar-refractivity contribution in [1.82, 2.24) is 14.5 Å². The van der Waals surface area contributed by atoms with E-state index in [0.29, 0.717) is 12.3 Å². The van der Waals surface area contributed by atoms with Crippen LogP contribution in [-0.2, 0) is 21.8 Å². The van der Waals surface area contributed by atoms with Gasteiger partial charge in [0.25, 0.3) is 0 Å². The van der Waals surface area contributed by atoms with Crippen molar-refractivity contribution in [2.24, 2.45) is 7.05 Å². The Balaban J connectivity index is 2.09. The molecule has 2 heterocycles. The molecular formula is C11H20N4O3S. The summed E-state index contributed by atoms with van der Waals surface area (Å²) in [5.74, 6) is 0.0251. The number of nitrogens with one attached hydrogen (secondary N) is 1. The van der Waals surface area contributed by atoms with Crippen LogP contribution in [0.5, 0.6) is 0 Å². The van der Waals surface area contributed by atoms with Crippen molar-refractivity contribution in [2.45, 2.75) is 37.2 Å². The van der Waals surface area contributed by atoms with Crippen LogP contribution in [0.2, 0.25) is 0 Å². The van der Waals surface area contributed by atoms with Gasteiger partial charge in [0.2, 0.25) is 10.0 Å². The first kappa shape index (κ1) is 14.3. The van der Waals surface area contributed by atoms with Crippen LogP contribution in [0.25, 0.3) is 0 Å². The highest BCUT2D eigenvalue weighted by atomic mass is 32.2. The molecule has 0 aliphatic carbocycles. The lowest BCUT2D eigenvalue weighted by Gasteiger charge is -2.22. The number of aromatic nitrogens is 2. The number of nitrogens with two attached hydrogens (primary N) is 1. The van der Waals surface area contributed by atoms with Gasteiger partial charge in [-0.25, -0.2) is 13.1 Å². The number of ether oxygens (including phenoxy) is 1. The molecule has 0 spiro atoms. The van der Waals surface area contributed by atoms with Crippen LogP contribution in [0.15, 0.2) is 4.90 Å². The first-order valence-electron chi connectivity index (χ1n) is 6.32. The van der Waals surface area contributed by atoms with Gasteiger partial charge in [-0.2, -0.15) is 5.10 Å². The fraction of sp³-hybridized carbons (Fsp3) is 0.727. The van der Waals surface area contributed by atoms with Gasteiger partial charge in [-0.15, -0.1) is 0 Å². The summed E-state index contributed by atoms with van der Waals surface area (Å²) in [6, 6.07) is 0. The Morgan fingerprint density at radius 3 is 2.79 bits per heavy atom. The smallest absolute Gasteiger partial charge is 0.246 e. The largest absolute Gasteiger partial charge is 0.381 e. The van der Waals surface area contributed by atoms with Gasteiger partial charge in [-0.3, -0.25) is 4.68 Å². The zero-order valence-electron chi connectivity index (χ0n) is 11.2. The van der Waals surface area contributed by atoms with Crippen molar-refractivity contribution in [3.05, 3.63) is 5.69 Å². The molecule has 0 aromatic carbocycles. The second-order valence-corrected chi connectivity index (χ2v) is 6.47. The molecule has 0 radical (unpaired) electrons. The highest BCUT2D eigenvalue weighted by molar-refractivity contribution is 7.89. The molecule has 2 rings (SSSR count). The van der Waals surface area contributed by atoms with Crippen LogP contribution in [0.3, 0.4) is 0 Å². The van der Waals surface area contributed by atoms with Gasteiger partial charge in [0.15, 0.2) is 5.82 Å². The normalized spacial score (nSPS) is 20.6. The minimum absolute atomic E-state index is 0.0251. The lowest BCUT2D eigenvalue weighted by molar-refractivity contribution is 0.0200. The average molecular weight is 288 g/mol. The fourth-order valence-electron chi connectivity index (χ4n) is 2.19. The molecule has 108 valence electrons. The average Bonchev–Trinajstić information content (AvgIpc) is 2.63. The van der Waals surface area contributed by atoms with E-state index in [1.165, 1.54) is 4.68 Å². The Bertz CT molecular complexity index is 547. The highest BCUT2D eigenvalue weighted by Crippen LogP contribution is 2.21. The third kappa shape index (κ3) is 3.07. The van der Waals surface area contributed by atoms with Crippen molar-refractivity contribution in [3.8, 4) is 0 Å². The minimum atomic E-state index is -3.64. The van der Waals surface area contributed by atoms with E-state index in [1.54, 1.807) is 14.0 Å². The molecular weight excluding hydrogens is 268 g/mol. The SMILES string of the molecule is Cc1c(S(=O)(=O)NCC2CCCCO2)c(N)nn1C. The summed E-state index contributed by atoms with van der Waals surface area (Å²) in [5, 5.41) is 3.92. The molecule has 1 atom stereocenters. The quantitative estimate of drug-likeness (QED) is 0.822. The fourth-order valence-corrected chi connectivity index (χ4v) is 3.58. The van der Waals surface area contributed by atoms with Gasteiger partial charge in [0, 0.05) is 20.2 Å². The van der Waals surface area contributed by atoms with Gasteiger partial charge >= 0.3 is 0 Å². The molecule has 1 aromatic rings. The maximum atomic E-state index is 12.2. The van der Waals surface area contributed by atoms with Crippen molar-refractivity contribution in [2.75, 3.05) is 18.9 Å². The van der Waals surface area contributed by atoms with Crippen LogP contribution < -0.4 is 10.5 Å². The van der Waals surface area contributed by atoms with Crippen molar-refractivity contribution in [3.63, 3.8) is 0 Å². The zero-order valence-corrected chi connectivity index (χ0v) is 12.0. The standard InChI is InChI=1S/C11H20N4O3S/c1-8-10(11(12)14-15(8)2)19(16,17)13-7-9-5-3-4-6-18-9/h9,13H,3-7H2,1-2H3,(H2,12,14). The summed E-state index contributed by atoms with van der Waals surface area (Å²) < 4.78 is 34.0. The number of anilines is 1. The van der Waals surface area contributed by atoms with E-state index in [2.05, 4.69) is 9.82 Å². The lowest BCUT2D eigenvalue weighted by atomic mass is 10.1. The Morgan fingerprint density at radius 1 is 1.53 bits per heavy atom. The molecule has 1 saturated heterocycles. The van der Waals surface area contributed by atoms with Gasteiger partial charge in [-0.05, 0) is 26.2 Å². The van der Waals surface area contributed by atoms with E-state index >= 15 is 0 Å². The maximum absolute atomic E-state index is 12.2. The summed E-state index contributed by atoms with van der Waals surface area (Å²) in [5.41, 5.74) is 6.18. The van der Waals surface area contributed by atoms with Gasteiger partial charge in [0.1, 0.15) is 4.90 Å². The molecule has 7 nitrogen and oxygen atoms in total. The second kappa shape index (κ2) is 5.48. The molecule has 0 amide bonds. The monoisotopic (exact) mass is 288 g/mol. The minimum Gasteiger partial charge on any atom is -0.381 e. The molecule has 1 aliphatic rings. The van der Waals surface area contributed by atoms with Gasteiger partial charge in [-0.1, -0.05) is 0 Å². The number of aryl methyl sites for hydroxylation is 1. The van der Waals surface area contributed by atoms with Crippen LogP contribution >= 0.6 is 0 Å². The third-order valence-electron chi connectivity index (χ3n) is 3.35. The molecule has 1 aromatic heterocycles. The third-order valence-corrected chi connectivity index (χ3v) is 4.94. The first-order valence-corrected chi connectivity index (χ1v) is 7.80. The van der Waals surface area contributed by atoms with E-state index < -0.39 is 10.0 Å². The zero-order chi connectivity index (χ0) is 14.0. The summed E-state index contributed by atoms with van der Waals surface area (Å²) in [6.07, 6.45) is 2.93.